The molecule has 2 aromatic rings. The summed E-state index contributed by atoms with van der Waals surface area (Å²) in [5.74, 6) is 0.0287. The second kappa shape index (κ2) is 5.33. The van der Waals surface area contributed by atoms with E-state index in [0.717, 1.165) is 30.6 Å². The summed E-state index contributed by atoms with van der Waals surface area (Å²) in [5.41, 5.74) is 3.23. The third-order valence-corrected chi connectivity index (χ3v) is 3.52. The summed E-state index contributed by atoms with van der Waals surface area (Å²) in [6.45, 7) is 0.785. The molecule has 1 aromatic carbocycles. The molecule has 1 amide bonds. The molecule has 0 aliphatic carbocycles. The number of para-hydroxylation sites is 1. The van der Waals surface area contributed by atoms with E-state index in [1.54, 1.807) is 17.0 Å². The molecule has 0 radical (unpaired) electrons. The minimum atomic E-state index is 0.0287. The Bertz CT molecular complexity index is 657. The molecule has 0 unspecified atom stereocenters. The summed E-state index contributed by atoms with van der Waals surface area (Å²) < 4.78 is 1.72. The van der Waals surface area contributed by atoms with E-state index in [-0.39, 0.29) is 5.91 Å². The van der Waals surface area contributed by atoms with E-state index in [1.165, 1.54) is 5.56 Å². The highest BCUT2D eigenvalue weighted by Gasteiger charge is 2.20. The van der Waals surface area contributed by atoms with Gasteiger partial charge >= 0.3 is 0 Å². The number of benzene rings is 1. The molecule has 0 fully saturated rings. The van der Waals surface area contributed by atoms with E-state index in [9.17, 15) is 4.79 Å². The fourth-order valence-corrected chi connectivity index (χ4v) is 2.55. The van der Waals surface area contributed by atoms with E-state index in [2.05, 4.69) is 11.2 Å². The zero-order valence-electron chi connectivity index (χ0n) is 11.5. The first-order valence-corrected chi connectivity index (χ1v) is 6.80. The van der Waals surface area contributed by atoms with Crippen molar-refractivity contribution in [2.24, 2.45) is 7.05 Å². The number of aryl methyl sites for hydroxylation is 2. The highest BCUT2D eigenvalue weighted by molar-refractivity contribution is 6.04. The molecule has 0 saturated carbocycles. The molecule has 3 rings (SSSR count). The molecule has 20 heavy (non-hydrogen) atoms. The topological polar surface area (TPSA) is 38.1 Å². The molecule has 1 aromatic heterocycles. The molecule has 0 atom stereocenters. The zero-order chi connectivity index (χ0) is 13.9. The molecular weight excluding hydrogens is 250 g/mol. The van der Waals surface area contributed by atoms with Gasteiger partial charge in [0.15, 0.2) is 0 Å². The number of hydrogen-bond donors (Lipinski definition) is 0. The molecule has 4 heteroatoms. The van der Waals surface area contributed by atoms with Crippen LogP contribution >= 0.6 is 0 Å². The Morgan fingerprint density at radius 2 is 2.20 bits per heavy atom. The second-order valence-corrected chi connectivity index (χ2v) is 5.00. The largest absolute Gasteiger partial charge is 0.309 e. The minimum absolute atomic E-state index is 0.0287. The Morgan fingerprint density at radius 3 is 3.00 bits per heavy atom. The molecule has 1 aliphatic heterocycles. The van der Waals surface area contributed by atoms with Gasteiger partial charge in [-0.15, -0.1) is 0 Å². The van der Waals surface area contributed by atoms with Crippen LogP contribution in [0.1, 0.15) is 17.5 Å². The first-order valence-electron chi connectivity index (χ1n) is 6.80. The Balaban J connectivity index is 1.80. The molecular formula is C16H17N3O. The molecule has 4 nitrogen and oxygen atoms in total. The molecule has 2 heterocycles. The standard InChI is InChI=1S/C16H17N3O/c1-18-12-13(11-17-18)8-9-16(20)19-10-4-6-14-5-2-3-7-15(14)19/h2-3,5,7-9,11-12H,4,6,10H2,1H3/b9-8+. The number of anilines is 1. The quantitative estimate of drug-likeness (QED) is 0.784. The number of amides is 1. The summed E-state index contributed by atoms with van der Waals surface area (Å²) in [7, 11) is 1.86. The number of carbonyl (C=O) groups excluding carboxylic acids is 1. The van der Waals surface area contributed by atoms with Crippen LogP contribution in [0.4, 0.5) is 5.69 Å². The van der Waals surface area contributed by atoms with Gasteiger partial charge in [0, 0.05) is 37.1 Å². The van der Waals surface area contributed by atoms with Crippen molar-refractivity contribution in [1.29, 1.82) is 0 Å². The third kappa shape index (κ3) is 2.50. The van der Waals surface area contributed by atoms with E-state index in [0.29, 0.717) is 0 Å². The Kier molecular flexibility index (Phi) is 3.37. The third-order valence-electron chi connectivity index (χ3n) is 3.52. The molecule has 0 bridgehead atoms. The van der Waals surface area contributed by atoms with Gasteiger partial charge in [-0.05, 0) is 30.5 Å². The van der Waals surface area contributed by atoms with Crippen molar-refractivity contribution in [3.05, 3.63) is 53.9 Å². The highest BCUT2D eigenvalue weighted by Crippen LogP contribution is 2.26. The van der Waals surface area contributed by atoms with Gasteiger partial charge in [0.25, 0.3) is 5.91 Å². The maximum Gasteiger partial charge on any atom is 0.250 e. The number of aromatic nitrogens is 2. The SMILES string of the molecule is Cn1cc(/C=C/C(=O)N2CCCc3ccccc32)cn1. The Labute approximate surface area is 118 Å². The van der Waals surface area contributed by atoms with Gasteiger partial charge in [-0.25, -0.2) is 0 Å². The van der Waals surface area contributed by atoms with Crippen LogP contribution in [0.5, 0.6) is 0 Å². The second-order valence-electron chi connectivity index (χ2n) is 5.00. The maximum absolute atomic E-state index is 12.4. The number of rotatable bonds is 2. The first-order chi connectivity index (χ1) is 9.74. The molecule has 0 N–H and O–H groups in total. The van der Waals surface area contributed by atoms with Crippen LogP contribution in [0.15, 0.2) is 42.7 Å². The van der Waals surface area contributed by atoms with Crippen molar-refractivity contribution >= 4 is 17.7 Å². The van der Waals surface area contributed by atoms with Crippen LogP contribution in [0, 0.1) is 0 Å². The first kappa shape index (κ1) is 12.7. The molecule has 102 valence electrons. The summed E-state index contributed by atoms with van der Waals surface area (Å²) in [6, 6.07) is 8.12. The fraction of sp³-hybridized carbons (Fsp3) is 0.250. The smallest absolute Gasteiger partial charge is 0.250 e. The van der Waals surface area contributed by atoms with E-state index >= 15 is 0 Å². The van der Waals surface area contributed by atoms with Crippen molar-refractivity contribution in [2.45, 2.75) is 12.8 Å². The number of fused-ring (bicyclic) bond motifs is 1. The van der Waals surface area contributed by atoms with Crippen LogP contribution in [-0.2, 0) is 18.3 Å². The van der Waals surface area contributed by atoms with Crippen molar-refractivity contribution in [2.75, 3.05) is 11.4 Å². The number of nitrogens with zero attached hydrogens (tertiary/aromatic N) is 3. The lowest BCUT2D eigenvalue weighted by Crippen LogP contribution is -2.34. The zero-order valence-corrected chi connectivity index (χ0v) is 11.5. The van der Waals surface area contributed by atoms with Crippen molar-refractivity contribution in [3.63, 3.8) is 0 Å². The van der Waals surface area contributed by atoms with Gasteiger partial charge in [0.1, 0.15) is 0 Å². The van der Waals surface area contributed by atoms with Gasteiger partial charge in [-0.3, -0.25) is 9.48 Å². The lowest BCUT2D eigenvalue weighted by atomic mass is 10.0. The van der Waals surface area contributed by atoms with E-state index in [1.807, 2.05) is 42.4 Å². The van der Waals surface area contributed by atoms with Crippen LogP contribution in [0.2, 0.25) is 0 Å². The summed E-state index contributed by atoms with van der Waals surface area (Å²) in [5, 5.41) is 4.08. The maximum atomic E-state index is 12.4. The van der Waals surface area contributed by atoms with Crippen LogP contribution in [0.25, 0.3) is 6.08 Å². The van der Waals surface area contributed by atoms with Gasteiger partial charge < -0.3 is 4.90 Å². The lowest BCUT2D eigenvalue weighted by molar-refractivity contribution is -0.114. The summed E-state index contributed by atoms with van der Waals surface area (Å²) in [6.07, 6.45) is 9.13. The van der Waals surface area contributed by atoms with Crippen LogP contribution < -0.4 is 4.90 Å². The Morgan fingerprint density at radius 1 is 1.35 bits per heavy atom. The predicted octanol–water partition coefficient (Wildman–Crippen LogP) is 2.41. The molecule has 0 spiro atoms. The minimum Gasteiger partial charge on any atom is -0.309 e. The molecule has 0 saturated heterocycles. The lowest BCUT2D eigenvalue weighted by Gasteiger charge is -2.28. The van der Waals surface area contributed by atoms with Gasteiger partial charge in [-0.1, -0.05) is 18.2 Å². The average Bonchev–Trinajstić information content (AvgIpc) is 2.90. The van der Waals surface area contributed by atoms with Gasteiger partial charge in [0.05, 0.1) is 6.20 Å². The summed E-state index contributed by atoms with van der Waals surface area (Å²) >= 11 is 0. The van der Waals surface area contributed by atoms with E-state index in [4.69, 9.17) is 0 Å². The normalized spacial score (nSPS) is 14.6. The average molecular weight is 267 g/mol. The van der Waals surface area contributed by atoms with Crippen molar-refractivity contribution < 1.29 is 4.79 Å². The fourth-order valence-electron chi connectivity index (χ4n) is 2.55. The number of carbonyl (C=O) groups is 1. The van der Waals surface area contributed by atoms with Crippen LogP contribution in [0.3, 0.4) is 0 Å². The monoisotopic (exact) mass is 267 g/mol. The van der Waals surface area contributed by atoms with E-state index < -0.39 is 0 Å². The van der Waals surface area contributed by atoms with Gasteiger partial charge in [-0.2, -0.15) is 5.10 Å². The van der Waals surface area contributed by atoms with Crippen molar-refractivity contribution in [1.82, 2.24) is 9.78 Å². The highest BCUT2D eigenvalue weighted by atomic mass is 16.2. The number of hydrogen-bond acceptors (Lipinski definition) is 2. The predicted molar refractivity (Wildman–Crippen MR) is 79.4 cm³/mol. The molecule has 1 aliphatic rings. The Hall–Kier alpha value is -2.36. The van der Waals surface area contributed by atoms with Crippen molar-refractivity contribution in [3.8, 4) is 0 Å². The summed E-state index contributed by atoms with van der Waals surface area (Å²) in [4.78, 5) is 14.2. The van der Waals surface area contributed by atoms with Crippen LogP contribution in [-0.4, -0.2) is 22.2 Å². The van der Waals surface area contributed by atoms with Gasteiger partial charge in [0.2, 0.25) is 0 Å².